The van der Waals surface area contributed by atoms with Crippen molar-refractivity contribution in [3.63, 3.8) is 0 Å². The molecule has 0 radical (unpaired) electrons. The monoisotopic (exact) mass is 458 g/mol. The Bertz CT molecular complexity index is 1360. The van der Waals surface area contributed by atoms with Crippen molar-refractivity contribution < 1.29 is 18.7 Å². The number of hydrogen-bond donors (Lipinski definition) is 2. The number of carbonyl (C=O) groups excluding carboxylic acids is 2. The average Bonchev–Trinajstić information content (AvgIpc) is 3.45. The van der Waals surface area contributed by atoms with Crippen LogP contribution in [-0.4, -0.2) is 40.3 Å². The highest BCUT2D eigenvalue weighted by Crippen LogP contribution is 2.34. The van der Waals surface area contributed by atoms with E-state index in [1.54, 1.807) is 37.4 Å². The van der Waals surface area contributed by atoms with Gasteiger partial charge in [0.15, 0.2) is 0 Å². The Morgan fingerprint density at radius 3 is 2.56 bits per heavy atom. The van der Waals surface area contributed by atoms with Crippen LogP contribution in [0.3, 0.4) is 0 Å². The van der Waals surface area contributed by atoms with Gasteiger partial charge < -0.3 is 14.6 Å². The summed E-state index contributed by atoms with van der Waals surface area (Å²) < 4.78 is 18.8. The Labute approximate surface area is 195 Å². The second-order valence-electron chi connectivity index (χ2n) is 8.20. The van der Waals surface area contributed by atoms with Crippen LogP contribution in [0.15, 0.2) is 60.7 Å². The molecule has 2 N–H and O–H groups in total. The maximum Gasteiger partial charge on any atom is 0.257 e. The summed E-state index contributed by atoms with van der Waals surface area (Å²) in [5.74, 6) is 0.392. The number of likely N-dealkylation sites (tertiary alicyclic amines) is 1. The van der Waals surface area contributed by atoms with E-state index in [1.165, 1.54) is 12.1 Å². The van der Waals surface area contributed by atoms with Crippen LogP contribution < -0.4 is 10.1 Å². The normalized spacial score (nSPS) is 13.5. The van der Waals surface area contributed by atoms with Crippen LogP contribution in [-0.2, 0) is 11.3 Å². The molecule has 1 aromatic heterocycles. The fourth-order valence-electron chi connectivity index (χ4n) is 4.19. The Hall–Kier alpha value is -4.20. The maximum atomic E-state index is 13.4. The van der Waals surface area contributed by atoms with Gasteiger partial charge in [-0.05, 0) is 53.9 Å². The zero-order valence-corrected chi connectivity index (χ0v) is 18.6. The molecule has 7 nitrogen and oxygen atoms in total. The number of ether oxygens (including phenoxy) is 1. The third-order valence-corrected chi connectivity index (χ3v) is 5.97. The number of H-pyrrole nitrogens is 1. The van der Waals surface area contributed by atoms with Crippen molar-refractivity contribution >= 4 is 28.8 Å². The van der Waals surface area contributed by atoms with E-state index in [2.05, 4.69) is 15.3 Å². The second-order valence-corrected chi connectivity index (χ2v) is 8.20. The van der Waals surface area contributed by atoms with Gasteiger partial charge in [-0.3, -0.25) is 14.9 Å². The molecule has 5 rings (SSSR count). The minimum Gasteiger partial charge on any atom is -0.494 e. The van der Waals surface area contributed by atoms with Crippen molar-refractivity contribution in [1.82, 2.24) is 14.9 Å². The molecule has 1 aliphatic rings. The standard InChI is InChI=1S/C26H23FN4O3/c1-34-21-13-12-20(17-8-10-19(27)11-9-17)23-24(21)29-26(28-23)30-25(33)18-6-4-16(5-7-18)15-31-14-2-3-22(31)32/h4-13H,2-3,14-15H2,1H3,(H2,28,29,30,33). The summed E-state index contributed by atoms with van der Waals surface area (Å²) in [4.78, 5) is 34.2. The molecular weight excluding hydrogens is 435 g/mol. The van der Waals surface area contributed by atoms with Gasteiger partial charge >= 0.3 is 0 Å². The van der Waals surface area contributed by atoms with Crippen molar-refractivity contribution in [3.8, 4) is 16.9 Å². The number of nitrogens with one attached hydrogen (secondary N) is 2. The van der Waals surface area contributed by atoms with E-state index in [9.17, 15) is 14.0 Å². The first kappa shape index (κ1) is 21.6. The van der Waals surface area contributed by atoms with Gasteiger partial charge in [-0.1, -0.05) is 24.3 Å². The van der Waals surface area contributed by atoms with Crippen LogP contribution in [0.5, 0.6) is 5.75 Å². The van der Waals surface area contributed by atoms with E-state index in [0.717, 1.165) is 29.7 Å². The molecule has 34 heavy (non-hydrogen) atoms. The Balaban J connectivity index is 1.38. The fourth-order valence-corrected chi connectivity index (χ4v) is 4.19. The Kier molecular flexibility index (Phi) is 5.71. The van der Waals surface area contributed by atoms with Gasteiger partial charge in [0.25, 0.3) is 5.91 Å². The molecule has 1 saturated heterocycles. The number of aromatic nitrogens is 2. The minimum atomic E-state index is -0.318. The molecule has 1 fully saturated rings. The number of aromatic amines is 1. The van der Waals surface area contributed by atoms with Gasteiger partial charge in [-0.2, -0.15) is 0 Å². The van der Waals surface area contributed by atoms with E-state index in [0.29, 0.717) is 35.3 Å². The number of carbonyl (C=O) groups is 2. The average molecular weight is 458 g/mol. The van der Waals surface area contributed by atoms with E-state index >= 15 is 0 Å². The van der Waals surface area contributed by atoms with Crippen LogP contribution in [0.1, 0.15) is 28.8 Å². The predicted octanol–water partition coefficient (Wildman–Crippen LogP) is 4.75. The highest BCUT2D eigenvalue weighted by molar-refractivity contribution is 6.05. The van der Waals surface area contributed by atoms with E-state index in [1.807, 2.05) is 23.1 Å². The van der Waals surface area contributed by atoms with Gasteiger partial charge in [-0.15, -0.1) is 0 Å². The SMILES string of the molecule is COc1ccc(-c2ccc(F)cc2)c2nc(NC(=O)c3ccc(CN4CCCC4=O)cc3)[nH]c12. The lowest BCUT2D eigenvalue weighted by molar-refractivity contribution is -0.128. The Morgan fingerprint density at radius 1 is 1.12 bits per heavy atom. The smallest absolute Gasteiger partial charge is 0.257 e. The van der Waals surface area contributed by atoms with E-state index in [4.69, 9.17) is 4.74 Å². The molecule has 0 aliphatic carbocycles. The number of rotatable bonds is 6. The first-order valence-electron chi connectivity index (χ1n) is 11.0. The van der Waals surface area contributed by atoms with Crippen LogP contribution in [0.2, 0.25) is 0 Å². The first-order valence-corrected chi connectivity index (χ1v) is 11.0. The highest BCUT2D eigenvalue weighted by Gasteiger charge is 2.20. The lowest BCUT2D eigenvalue weighted by Gasteiger charge is -2.15. The van der Waals surface area contributed by atoms with Crippen molar-refractivity contribution in [3.05, 3.63) is 77.6 Å². The number of halogens is 1. The molecule has 0 atom stereocenters. The summed E-state index contributed by atoms with van der Waals surface area (Å²) in [6.45, 7) is 1.33. The zero-order chi connectivity index (χ0) is 23.7. The van der Waals surface area contributed by atoms with Gasteiger partial charge in [0, 0.05) is 30.6 Å². The summed E-state index contributed by atoms with van der Waals surface area (Å²) in [6.07, 6.45) is 1.50. The van der Waals surface area contributed by atoms with E-state index < -0.39 is 0 Å². The molecule has 1 aliphatic heterocycles. The molecule has 172 valence electrons. The first-order chi connectivity index (χ1) is 16.5. The lowest BCUT2D eigenvalue weighted by atomic mass is 10.0. The molecule has 0 saturated carbocycles. The molecule has 0 unspecified atom stereocenters. The van der Waals surface area contributed by atoms with Gasteiger partial charge in [0.2, 0.25) is 11.9 Å². The molecule has 3 aromatic carbocycles. The summed E-state index contributed by atoms with van der Waals surface area (Å²) in [6, 6.07) is 17.0. The highest BCUT2D eigenvalue weighted by atomic mass is 19.1. The number of hydrogen-bond acceptors (Lipinski definition) is 4. The molecular formula is C26H23FN4O3. The topological polar surface area (TPSA) is 87.3 Å². The third kappa shape index (κ3) is 4.22. The van der Waals surface area contributed by atoms with Crippen LogP contribution >= 0.6 is 0 Å². The van der Waals surface area contributed by atoms with Crippen LogP contribution in [0.4, 0.5) is 10.3 Å². The number of imidazole rings is 1. The van der Waals surface area contributed by atoms with Crippen molar-refractivity contribution in [1.29, 1.82) is 0 Å². The predicted molar refractivity (Wildman–Crippen MR) is 127 cm³/mol. The van der Waals surface area contributed by atoms with Gasteiger partial charge in [0.1, 0.15) is 22.6 Å². The molecule has 0 spiro atoms. The number of amides is 2. The van der Waals surface area contributed by atoms with Gasteiger partial charge in [0.05, 0.1) is 7.11 Å². The lowest BCUT2D eigenvalue weighted by Crippen LogP contribution is -2.23. The van der Waals surface area contributed by atoms with E-state index in [-0.39, 0.29) is 23.6 Å². The molecule has 4 aromatic rings. The van der Waals surface area contributed by atoms with Crippen LogP contribution in [0, 0.1) is 5.82 Å². The van der Waals surface area contributed by atoms with Crippen LogP contribution in [0.25, 0.3) is 22.2 Å². The number of fused-ring (bicyclic) bond motifs is 1. The van der Waals surface area contributed by atoms with Crippen molar-refractivity contribution in [2.75, 3.05) is 19.0 Å². The largest absolute Gasteiger partial charge is 0.494 e. The zero-order valence-electron chi connectivity index (χ0n) is 18.6. The molecule has 2 heterocycles. The van der Waals surface area contributed by atoms with Gasteiger partial charge in [-0.25, -0.2) is 9.37 Å². The van der Waals surface area contributed by atoms with Crippen molar-refractivity contribution in [2.24, 2.45) is 0 Å². The van der Waals surface area contributed by atoms with Crippen molar-refractivity contribution in [2.45, 2.75) is 19.4 Å². The summed E-state index contributed by atoms with van der Waals surface area (Å²) >= 11 is 0. The Morgan fingerprint density at radius 2 is 1.88 bits per heavy atom. The number of anilines is 1. The molecule has 2 amide bonds. The number of benzene rings is 3. The number of methoxy groups -OCH3 is 1. The molecule has 8 heteroatoms. The summed E-state index contributed by atoms with van der Waals surface area (Å²) in [5.41, 5.74) is 4.27. The quantitative estimate of drug-likeness (QED) is 0.436. The second kappa shape index (κ2) is 8.97. The number of nitrogens with zero attached hydrogens (tertiary/aromatic N) is 2. The minimum absolute atomic E-state index is 0.169. The third-order valence-electron chi connectivity index (χ3n) is 5.97. The maximum absolute atomic E-state index is 13.4. The summed E-state index contributed by atoms with van der Waals surface area (Å²) in [5, 5.41) is 2.80. The molecule has 0 bridgehead atoms. The fraction of sp³-hybridized carbons (Fsp3) is 0.192. The summed E-state index contributed by atoms with van der Waals surface area (Å²) in [7, 11) is 1.56.